The number of carbonyl (C=O) groups is 1. The molecular weight excluding hydrogens is 463 g/mol. The number of carbonyl (C=O) groups excluding carboxylic acids is 1. The number of amides is 1. The number of thiophene rings is 1. The van der Waals surface area contributed by atoms with Crippen LogP contribution in [0.5, 0.6) is 0 Å². The summed E-state index contributed by atoms with van der Waals surface area (Å²) in [6.07, 6.45) is 0.865. The van der Waals surface area contributed by atoms with E-state index in [1.54, 1.807) is 18.2 Å². The van der Waals surface area contributed by atoms with Gasteiger partial charge in [-0.3, -0.25) is 4.79 Å². The van der Waals surface area contributed by atoms with Crippen molar-refractivity contribution in [3.05, 3.63) is 74.7 Å². The zero-order valence-electron chi connectivity index (χ0n) is 17.3. The number of nitrogens with two attached hydrogens (primary N) is 1. The Morgan fingerprint density at radius 2 is 1.94 bits per heavy atom. The number of likely N-dealkylation sites (N-methyl/N-ethyl adjacent to an activating group) is 1. The van der Waals surface area contributed by atoms with Crippen LogP contribution in [0.25, 0.3) is 21.3 Å². The third-order valence-corrected chi connectivity index (χ3v) is 7.50. The fourth-order valence-corrected chi connectivity index (χ4v) is 5.43. The number of nitrogens with one attached hydrogen (secondary N) is 1. The molecule has 162 valence electrons. The second-order valence-corrected chi connectivity index (χ2v) is 9.69. The Hall–Kier alpha value is -2.64. The van der Waals surface area contributed by atoms with Gasteiger partial charge < -0.3 is 16.0 Å². The molecule has 2 aromatic carbocycles. The molecule has 0 saturated heterocycles. The molecule has 3 heterocycles. The van der Waals surface area contributed by atoms with Crippen LogP contribution in [-0.2, 0) is 13.0 Å². The first-order valence-corrected chi connectivity index (χ1v) is 11.7. The van der Waals surface area contributed by atoms with E-state index in [0.29, 0.717) is 26.3 Å². The van der Waals surface area contributed by atoms with Gasteiger partial charge >= 0.3 is 0 Å². The molecule has 0 unspecified atom stereocenters. The second-order valence-electron chi connectivity index (χ2n) is 7.87. The number of hydrogen-bond acceptors (Lipinski definition) is 5. The van der Waals surface area contributed by atoms with Crippen molar-refractivity contribution in [2.24, 2.45) is 0 Å². The molecule has 1 aliphatic rings. The summed E-state index contributed by atoms with van der Waals surface area (Å²) in [5.41, 5.74) is 12.0. The Morgan fingerprint density at radius 3 is 2.69 bits per heavy atom. The lowest BCUT2D eigenvalue weighted by molar-refractivity contribution is 0.103. The van der Waals surface area contributed by atoms with Crippen molar-refractivity contribution >= 4 is 62.0 Å². The smallest absolute Gasteiger partial charge is 0.267 e. The SMILES string of the molecule is CN1CCc2nc3sc(C(=O)Nc4ccc(Cl)c(Cl)c4)c(N)c3c(-c3ccccc3)c2C1. The van der Waals surface area contributed by atoms with E-state index in [1.165, 1.54) is 16.9 Å². The van der Waals surface area contributed by atoms with Crippen LogP contribution >= 0.6 is 34.5 Å². The minimum atomic E-state index is -0.294. The molecule has 1 amide bonds. The summed E-state index contributed by atoms with van der Waals surface area (Å²) < 4.78 is 0. The molecule has 5 rings (SSSR count). The van der Waals surface area contributed by atoms with Gasteiger partial charge in [0.2, 0.25) is 0 Å². The summed E-state index contributed by atoms with van der Waals surface area (Å²) in [5, 5.41) is 4.52. The predicted octanol–water partition coefficient (Wildman–Crippen LogP) is 6.09. The summed E-state index contributed by atoms with van der Waals surface area (Å²) in [6, 6.07) is 15.2. The lowest BCUT2D eigenvalue weighted by Crippen LogP contribution is -2.27. The van der Waals surface area contributed by atoms with Gasteiger partial charge in [0.05, 0.1) is 15.7 Å². The van der Waals surface area contributed by atoms with Gasteiger partial charge in [-0.05, 0) is 36.4 Å². The number of aromatic nitrogens is 1. The number of nitrogen functional groups attached to an aromatic ring is 1. The number of fused-ring (bicyclic) bond motifs is 2. The average molecular weight is 483 g/mol. The van der Waals surface area contributed by atoms with Gasteiger partial charge in [0.15, 0.2) is 0 Å². The Morgan fingerprint density at radius 1 is 1.16 bits per heavy atom. The van der Waals surface area contributed by atoms with Crippen LogP contribution < -0.4 is 11.1 Å². The molecule has 0 fully saturated rings. The van der Waals surface area contributed by atoms with Crippen LogP contribution in [-0.4, -0.2) is 29.4 Å². The minimum Gasteiger partial charge on any atom is -0.397 e. The average Bonchev–Trinajstić information content (AvgIpc) is 3.11. The van der Waals surface area contributed by atoms with Crippen LogP contribution in [0, 0.1) is 0 Å². The normalized spacial score (nSPS) is 13.8. The van der Waals surface area contributed by atoms with Crippen molar-refractivity contribution in [2.45, 2.75) is 13.0 Å². The Kier molecular flexibility index (Phi) is 5.55. The molecule has 32 heavy (non-hydrogen) atoms. The summed E-state index contributed by atoms with van der Waals surface area (Å²) >= 11 is 13.4. The molecule has 2 aromatic heterocycles. The minimum absolute atomic E-state index is 0.294. The van der Waals surface area contributed by atoms with Crippen molar-refractivity contribution in [3.63, 3.8) is 0 Å². The highest BCUT2D eigenvalue weighted by Gasteiger charge is 2.27. The van der Waals surface area contributed by atoms with E-state index in [9.17, 15) is 4.79 Å². The third kappa shape index (κ3) is 3.73. The van der Waals surface area contributed by atoms with Gasteiger partial charge in [0, 0.05) is 41.8 Å². The fourth-order valence-electron chi connectivity index (χ4n) is 4.11. The molecule has 0 saturated carbocycles. The predicted molar refractivity (Wildman–Crippen MR) is 134 cm³/mol. The molecule has 0 atom stereocenters. The van der Waals surface area contributed by atoms with Crippen molar-refractivity contribution < 1.29 is 4.79 Å². The third-order valence-electron chi connectivity index (χ3n) is 5.67. The number of benzene rings is 2. The number of halogens is 2. The van der Waals surface area contributed by atoms with E-state index in [1.807, 2.05) is 18.2 Å². The number of pyridine rings is 1. The van der Waals surface area contributed by atoms with Gasteiger partial charge in [-0.2, -0.15) is 0 Å². The van der Waals surface area contributed by atoms with E-state index >= 15 is 0 Å². The van der Waals surface area contributed by atoms with Crippen LogP contribution in [0.15, 0.2) is 48.5 Å². The lowest BCUT2D eigenvalue weighted by Gasteiger charge is -2.27. The first kappa shape index (κ1) is 21.2. The molecule has 3 N–H and O–H groups in total. The number of hydrogen-bond donors (Lipinski definition) is 2. The molecule has 0 bridgehead atoms. The highest BCUT2D eigenvalue weighted by atomic mass is 35.5. The van der Waals surface area contributed by atoms with Crippen molar-refractivity contribution in [1.29, 1.82) is 0 Å². The molecular formula is C24H20Cl2N4OS. The topological polar surface area (TPSA) is 71.2 Å². The Bertz CT molecular complexity index is 1350. The van der Waals surface area contributed by atoms with E-state index in [-0.39, 0.29) is 5.91 Å². The molecule has 0 spiro atoms. The summed E-state index contributed by atoms with van der Waals surface area (Å²) in [5.74, 6) is -0.294. The summed E-state index contributed by atoms with van der Waals surface area (Å²) in [4.78, 5) is 21.6. The molecule has 1 aliphatic heterocycles. The fraction of sp³-hybridized carbons (Fsp3) is 0.167. The molecule has 4 aromatic rings. The Balaban J connectivity index is 1.66. The van der Waals surface area contributed by atoms with E-state index in [4.69, 9.17) is 33.9 Å². The van der Waals surface area contributed by atoms with E-state index in [0.717, 1.165) is 46.5 Å². The van der Waals surface area contributed by atoms with Gasteiger partial charge in [0.1, 0.15) is 9.71 Å². The van der Waals surface area contributed by atoms with E-state index in [2.05, 4.69) is 29.4 Å². The number of nitrogens with zero attached hydrogens (tertiary/aromatic N) is 2. The molecule has 0 aliphatic carbocycles. The number of anilines is 2. The van der Waals surface area contributed by atoms with Crippen LogP contribution in [0.2, 0.25) is 10.0 Å². The standard InChI is InChI=1S/C24H20Cl2N4OS/c1-30-10-9-18-15(12-30)19(13-5-3-2-4-6-13)20-21(27)22(32-24(20)29-18)23(31)28-14-7-8-16(25)17(26)11-14/h2-8,11H,9-10,12,27H2,1H3,(H,28,31). The van der Waals surface area contributed by atoms with E-state index < -0.39 is 0 Å². The zero-order valence-corrected chi connectivity index (χ0v) is 19.6. The monoisotopic (exact) mass is 482 g/mol. The van der Waals surface area contributed by atoms with Gasteiger partial charge in [0.25, 0.3) is 5.91 Å². The largest absolute Gasteiger partial charge is 0.397 e. The maximum atomic E-state index is 13.1. The molecule has 8 heteroatoms. The van der Waals surface area contributed by atoms with Gasteiger partial charge in [-0.15, -0.1) is 11.3 Å². The van der Waals surface area contributed by atoms with Gasteiger partial charge in [-0.25, -0.2) is 4.98 Å². The number of rotatable bonds is 3. The maximum Gasteiger partial charge on any atom is 0.267 e. The summed E-state index contributed by atoms with van der Waals surface area (Å²) in [7, 11) is 2.11. The van der Waals surface area contributed by atoms with Crippen molar-refractivity contribution in [2.75, 3.05) is 24.6 Å². The highest BCUT2D eigenvalue weighted by molar-refractivity contribution is 7.21. The van der Waals surface area contributed by atoms with Crippen molar-refractivity contribution in [3.8, 4) is 11.1 Å². The Labute approximate surface area is 199 Å². The highest BCUT2D eigenvalue weighted by Crippen LogP contribution is 2.43. The van der Waals surface area contributed by atoms with Gasteiger partial charge in [-0.1, -0.05) is 53.5 Å². The maximum absolute atomic E-state index is 13.1. The van der Waals surface area contributed by atoms with Crippen LogP contribution in [0.1, 0.15) is 20.9 Å². The first-order chi connectivity index (χ1) is 15.4. The zero-order chi connectivity index (χ0) is 22.4. The first-order valence-electron chi connectivity index (χ1n) is 10.2. The summed E-state index contributed by atoms with van der Waals surface area (Å²) in [6.45, 7) is 1.74. The van der Waals surface area contributed by atoms with Crippen LogP contribution in [0.3, 0.4) is 0 Å². The second kappa shape index (κ2) is 8.37. The quantitative estimate of drug-likeness (QED) is 0.370. The molecule has 5 nitrogen and oxygen atoms in total. The van der Waals surface area contributed by atoms with Crippen LogP contribution in [0.4, 0.5) is 11.4 Å². The lowest BCUT2D eigenvalue weighted by atomic mass is 9.92. The van der Waals surface area contributed by atoms with Crippen molar-refractivity contribution in [1.82, 2.24) is 9.88 Å². The molecule has 0 radical (unpaired) electrons.